The lowest BCUT2D eigenvalue weighted by Gasteiger charge is -2.26. The molecule has 4 heterocycles. The summed E-state index contributed by atoms with van der Waals surface area (Å²) < 4.78 is 128. The quantitative estimate of drug-likeness (QED) is 0.0111. The van der Waals surface area contributed by atoms with Crippen molar-refractivity contribution >= 4 is 128 Å². The molecule has 15 rings (SSSR count). The number of carbonyl (C=O) groups excluding carboxylic acids is 4. The normalized spacial score (nSPS) is 12.2. The number of aromatic carboxylic acids is 1. The highest BCUT2D eigenvalue weighted by Gasteiger charge is 2.36. The van der Waals surface area contributed by atoms with Crippen molar-refractivity contribution in [1.82, 2.24) is 39.0 Å². The average molecular weight is 1580 g/mol. The van der Waals surface area contributed by atoms with E-state index in [4.69, 9.17) is 14.2 Å². The maximum atomic E-state index is 14.9. The van der Waals surface area contributed by atoms with Gasteiger partial charge in [0.15, 0.2) is 17.3 Å². The maximum absolute atomic E-state index is 14.9. The molecule has 9 N–H and O–H groups in total. The number of ketones is 3. The number of nitrogens with zero attached hydrogens (tertiary/aromatic N) is 8. The van der Waals surface area contributed by atoms with Crippen molar-refractivity contribution in [2.75, 3.05) is 39.7 Å². The summed E-state index contributed by atoms with van der Waals surface area (Å²) in [7, 11) is -12.0. The van der Waals surface area contributed by atoms with E-state index in [1.165, 1.54) is 127 Å². The number of hydrogen-bond donors (Lipinski definition) is 9. The summed E-state index contributed by atoms with van der Waals surface area (Å²) in [6.07, 6.45) is -0.432. The van der Waals surface area contributed by atoms with Gasteiger partial charge in [0.05, 0.1) is 60.1 Å². The van der Waals surface area contributed by atoms with Gasteiger partial charge in [0.1, 0.15) is 28.0 Å². The third kappa shape index (κ3) is 14.4. The topological polar surface area (TPSA) is 478 Å². The summed E-state index contributed by atoms with van der Waals surface area (Å²) in [5.41, 5.74) is 0.831. The van der Waals surface area contributed by atoms with Crippen LogP contribution in [0.5, 0.6) is 29.3 Å². The van der Waals surface area contributed by atoms with Crippen molar-refractivity contribution in [2.45, 2.75) is 28.0 Å². The van der Waals surface area contributed by atoms with Gasteiger partial charge in [-0.2, -0.15) is 55.2 Å². The Hall–Kier alpha value is -14.3. The fourth-order valence-corrected chi connectivity index (χ4v) is 15.4. The molecule has 113 heavy (non-hydrogen) atoms. The third-order valence-electron chi connectivity index (χ3n) is 18.5. The Bertz CT molecular complexity index is 6840. The number of nitrogens with one attached hydrogen (secondary N) is 5. The molecule has 0 saturated carbocycles. The van der Waals surface area contributed by atoms with Crippen LogP contribution in [-0.4, -0.2) is 126 Å². The molecule has 0 spiro atoms. The molecule has 2 aliphatic carbocycles. The highest BCUT2D eigenvalue weighted by molar-refractivity contribution is 7.86. The van der Waals surface area contributed by atoms with Crippen molar-refractivity contribution in [3.8, 4) is 51.5 Å². The van der Waals surface area contributed by atoms with Crippen molar-refractivity contribution in [1.29, 1.82) is 0 Å². The number of benzene rings is 9. The summed E-state index contributed by atoms with van der Waals surface area (Å²) in [5, 5.41) is 25.6. The van der Waals surface area contributed by atoms with E-state index >= 15 is 0 Å². The molecule has 2 aliphatic rings. The monoisotopic (exact) mass is 1580 g/mol. The summed E-state index contributed by atoms with van der Waals surface area (Å²) in [4.78, 5) is 121. The van der Waals surface area contributed by atoms with Crippen LogP contribution >= 0.6 is 0 Å². The summed E-state index contributed by atoms with van der Waals surface area (Å²) in [6.45, 7) is 1.69. The third-order valence-corrected chi connectivity index (χ3v) is 21.2. The number of rotatable bonds is 25. The second-order valence-electron chi connectivity index (χ2n) is 25.6. The van der Waals surface area contributed by atoms with Crippen LogP contribution in [0.15, 0.2) is 206 Å². The number of pyridine rings is 2. The van der Waals surface area contributed by atoms with Gasteiger partial charge in [-0.15, -0.1) is 0 Å². The Morgan fingerprint density at radius 3 is 1.64 bits per heavy atom. The fraction of sp³-hybridized carbons (Fsp3) is 0.0779. The number of carbonyl (C=O) groups is 5. The van der Waals surface area contributed by atoms with Gasteiger partial charge in [0, 0.05) is 95.2 Å². The Morgan fingerprint density at radius 1 is 0.478 bits per heavy atom. The first-order chi connectivity index (χ1) is 54.0. The first-order valence-corrected chi connectivity index (χ1v) is 38.0. The number of hydrogen-bond acceptors (Lipinski definition) is 27. The minimum Gasteiger partial charge on any atom is -0.478 e. The summed E-state index contributed by atoms with van der Waals surface area (Å²) in [5.74, 6) is -3.94. The van der Waals surface area contributed by atoms with E-state index in [-0.39, 0.29) is 156 Å². The zero-order valence-corrected chi connectivity index (χ0v) is 61.1. The molecule has 0 aliphatic heterocycles. The number of carboxylic acid groups (broad SMARTS) is 1. The average Bonchev–Trinajstić information content (AvgIpc) is 0.710. The van der Waals surface area contributed by atoms with Gasteiger partial charge in [-0.1, -0.05) is 72.8 Å². The van der Waals surface area contributed by atoms with E-state index < -0.39 is 86.1 Å². The number of fused-ring (bicyclic) bond motifs is 4. The maximum Gasteiger partial charge on any atom is 0.335 e. The molecule has 4 aromatic heterocycles. The van der Waals surface area contributed by atoms with Crippen LogP contribution in [-0.2, 0) is 55.7 Å². The second-order valence-corrected chi connectivity index (χ2v) is 29.8. The molecule has 0 fully saturated rings. The van der Waals surface area contributed by atoms with Crippen LogP contribution in [0.2, 0.25) is 0 Å². The lowest BCUT2D eigenvalue weighted by Crippen LogP contribution is -2.29. The van der Waals surface area contributed by atoms with E-state index in [0.717, 1.165) is 28.8 Å². The van der Waals surface area contributed by atoms with Crippen molar-refractivity contribution < 1.29 is 82.2 Å². The van der Waals surface area contributed by atoms with E-state index in [1.807, 2.05) is 0 Å². The Morgan fingerprint density at radius 2 is 1.01 bits per heavy atom. The first-order valence-electron chi connectivity index (χ1n) is 33.7. The molecule has 0 radical (unpaired) electrons. The Kier molecular flexibility index (Phi) is 19.0. The van der Waals surface area contributed by atoms with Gasteiger partial charge in [-0.25, -0.2) is 4.79 Å². The Labute approximate surface area is 637 Å². The number of aryl methyl sites for hydroxylation is 2. The molecule has 566 valence electrons. The molecular formula is C77H55N13O20S3. The van der Waals surface area contributed by atoms with E-state index in [1.54, 1.807) is 56.4 Å². The van der Waals surface area contributed by atoms with E-state index in [9.17, 15) is 77.6 Å². The van der Waals surface area contributed by atoms with Gasteiger partial charge in [-0.3, -0.25) is 42.4 Å². The van der Waals surface area contributed by atoms with Gasteiger partial charge in [0.2, 0.25) is 17.8 Å². The predicted octanol–water partition coefficient (Wildman–Crippen LogP) is 10.6. The van der Waals surface area contributed by atoms with Gasteiger partial charge in [-0.05, 0) is 127 Å². The lowest BCUT2D eigenvalue weighted by atomic mass is 9.80. The lowest BCUT2D eigenvalue weighted by molar-refractivity contribution is -0.120. The van der Waals surface area contributed by atoms with Crippen LogP contribution in [0.25, 0.3) is 44.1 Å². The van der Waals surface area contributed by atoms with Crippen LogP contribution in [0, 0.1) is 6.92 Å². The molecule has 0 amide bonds. The zero-order valence-electron chi connectivity index (χ0n) is 58.6. The molecular weight excluding hydrogens is 1520 g/mol. The molecule has 0 bridgehead atoms. The molecule has 0 atom stereocenters. The highest BCUT2D eigenvalue weighted by atomic mass is 32.2. The molecule has 33 nitrogen and oxygen atoms in total. The number of aromatic nitrogens is 8. The molecule has 0 saturated heterocycles. The number of carboxylic acids is 1. The molecule has 13 aromatic rings. The van der Waals surface area contributed by atoms with Crippen LogP contribution in [0.3, 0.4) is 0 Å². The van der Waals surface area contributed by atoms with Crippen LogP contribution < -0.4 is 51.9 Å². The first kappa shape index (κ1) is 74.2. The van der Waals surface area contributed by atoms with Crippen LogP contribution in [0.4, 0.5) is 46.3 Å². The molecule has 9 aromatic carbocycles. The smallest absolute Gasteiger partial charge is 0.335 e. The number of ether oxygens (including phenoxy) is 3. The number of anilines is 8. The zero-order chi connectivity index (χ0) is 79.7. The van der Waals surface area contributed by atoms with E-state index in [2.05, 4.69) is 56.5 Å². The van der Waals surface area contributed by atoms with E-state index in [0.29, 0.717) is 38.8 Å². The Balaban J connectivity index is 0.746. The highest BCUT2D eigenvalue weighted by Crippen LogP contribution is 2.47. The standard InChI is InChI=1S/C77H55N13O20S3/c1-38-60-48-17-4-6-19-50(48)68(93)62-52(23-25-55(64(60)62)89(2)70(38)95)80-42-21-27-57(112(102,103)104)41(31-42)34-59-83-73(86-76(84-59)110-46-15-10-13-44(36-46)108-37-91)78-29-30-79-74-85-75(88-77(87-74)109-45-14-8-12-40(32-45)72(97)98)81-43-22-28-58(113(105,106)107)54(35-43)82-53-24-26-56-65-61(49-18-5-7-20-51(49)69(94)63(53)65)66(71(96)90(56)3)67(92)39-11-9-16-47(33-39)111(99,100)101/h4-28,31-33,35-37,80,82H,29-30,34H2,1-3H3,(H,97,98)(H,99,100,101)(H,102,103,104)(H,105,106,107)(H,78,83,84,86)(H2,79,81,85,87,88). The predicted molar refractivity (Wildman–Crippen MR) is 409 cm³/mol. The van der Waals surface area contributed by atoms with Crippen molar-refractivity contribution in [3.05, 3.63) is 259 Å². The fourth-order valence-electron chi connectivity index (χ4n) is 13.6. The van der Waals surface area contributed by atoms with Gasteiger partial charge >= 0.3 is 18.0 Å². The minimum absolute atomic E-state index is 0.00565. The van der Waals surface area contributed by atoms with Crippen LogP contribution in [0.1, 0.15) is 75.1 Å². The second kappa shape index (κ2) is 28.9. The SMILES string of the molecule is Cc1c2c3c(c(Nc4ccc(S(=O)(=O)O)c(Cc5nc(NCCNc6nc(Nc7ccc(S(=O)(=O)O)c(Nc8ccc9c%10c8C(=O)c8ccccc8-c%10c(C(=O)c8cccc(S(=O)(=O)O)c8)c(=O)n9C)c7)nc(Oc7cccc(C(=O)O)c7)n6)nc(Oc6cccc(OC=O)c6)n5)c4)ccc3n(C)c1=O)C(=O)c1ccccc1-2. The van der Waals surface area contributed by atoms with Crippen molar-refractivity contribution in [2.24, 2.45) is 14.1 Å². The minimum atomic E-state index is -5.13. The largest absolute Gasteiger partial charge is 0.478 e. The summed E-state index contributed by atoms with van der Waals surface area (Å²) >= 11 is 0. The van der Waals surface area contributed by atoms with Crippen molar-refractivity contribution in [3.63, 3.8) is 0 Å². The van der Waals surface area contributed by atoms with Gasteiger partial charge < -0.3 is 55.0 Å². The molecule has 0 unspecified atom stereocenters. The van der Waals surface area contributed by atoms with Gasteiger partial charge in [0.25, 0.3) is 47.9 Å². The summed E-state index contributed by atoms with van der Waals surface area (Å²) in [6, 6.07) is 41.3. The molecule has 36 heteroatoms.